The van der Waals surface area contributed by atoms with Crippen molar-refractivity contribution in [2.45, 2.75) is 334 Å². The van der Waals surface area contributed by atoms with Gasteiger partial charge in [-0.2, -0.15) is 0 Å². The summed E-state index contributed by atoms with van der Waals surface area (Å²) in [6, 6.07) is 64.5. The zero-order valence-corrected chi connectivity index (χ0v) is 88.0. The van der Waals surface area contributed by atoms with Gasteiger partial charge in [-0.3, -0.25) is 19.2 Å². The molecular weight excluding hydrogens is 1930 g/mol. The molecule has 150 heavy (non-hydrogen) atoms. The number of rotatable bonds is 44. The highest BCUT2D eigenvalue weighted by molar-refractivity contribution is 5.67. The average molecular weight is 2080 g/mol. The van der Waals surface area contributed by atoms with E-state index < -0.39 is 238 Å². The molecule has 8 saturated heterocycles. The van der Waals surface area contributed by atoms with Crippen LogP contribution in [0.1, 0.15) is 143 Å². The molecule has 37 heteroatoms. The van der Waals surface area contributed by atoms with Crippen LogP contribution in [-0.4, -0.2) is 242 Å². The first kappa shape index (κ1) is 114. The van der Waals surface area contributed by atoms with Crippen molar-refractivity contribution in [3.63, 3.8) is 0 Å². The van der Waals surface area contributed by atoms with E-state index in [1.807, 2.05) is 269 Å². The maximum absolute atomic E-state index is 13.4. The summed E-state index contributed by atoms with van der Waals surface area (Å²) in [5.74, 6) is -7.76. The molecule has 8 aliphatic rings. The molecule has 0 radical (unpaired) electrons. The summed E-state index contributed by atoms with van der Waals surface area (Å²) >= 11 is 0. The van der Waals surface area contributed by atoms with E-state index in [-0.39, 0.29) is 88.4 Å². The van der Waals surface area contributed by atoms with Crippen LogP contribution in [0.25, 0.3) is 31.3 Å². The summed E-state index contributed by atoms with van der Waals surface area (Å²) in [7, 11) is 1.56. The number of nitrogens with zero attached hydrogens (tertiary/aromatic N) is 9. The molecule has 0 bridgehead atoms. The zero-order chi connectivity index (χ0) is 106. The van der Waals surface area contributed by atoms with E-state index in [1.54, 1.807) is 7.11 Å². The van der Waals surface area contributed by atoms with Crippen LogP contribution in [0.15, 0.2) is 228 Å². The van der Waals surface area contributed by atoms with E-state index in [0.29, 0.717) is 13.0 Å². The summed E-state index contributed by atoms with van der Waals surface area (Å²) in [4.78, 5) is 62.4. The van der Waals surface area contributed by atoms with Crippen molar-refractivity contribution in [3.05, 3.63) is 283 Å². The van der Waals surface area contributed by atoms with E-state index in [9.17, 15) is 35.8 Å². The van der Waals surface area contributed by atoms with Crippen LogP contribution in [0.3, 0.4) is 0 Å². The Balaban J connectivity index is 0.721. The van der Waals surface area contributed by atoms with Gasteiger partial charge in [0, 0.05) is 97.9 Å². The Kier molecular flexibility index (Phi) is 41.6. The van der Waals surface area contributed by atoms with Crippen molar-refractivity contribution in [1.82, 2.24) is 0 Å². The third-order valence-electron chi connectivity index (χ3n) is 30.4. The standard InChI is InChI=1S/C113H145N9O28/c1-63-64(2)106(127-16)140-88(59-128-74(12)123)96(63)144-107-70(8)100(133-56-82-46-32-21-33-47-82)103(73(11)136-107)148-111-92(117-120-114)66(4)98(89(141-111)60-129-75(13)124)146-109-71(9)101(134-57-83-48-34-22-35-49-83)105(86(138-109)53-79-40-26-18-27-41-79)150-113-94(119-122-116)68(6)99(91(143-113)62-131-77(15)126)147-110-72(10)102(135-58-84-50-36-23-37-51-84)104(87(139-110)54-80-42-28-19-29-43-80)149-112-93(118-121-115)67(5)97(90(142-112)61-130-76(14)125)145-108-69(7)95(132-55-81-44-30-20-31-45-81)65(3)85(137-108)52-78-38-24-17-25-39-78/h17-51,63-73,85-113H,52-62H2,1-16H3/t63-,64?,65-,66-,67-,68-,69?,70?,71?,72?,73?,85?,86?,87?,88?,89?,90?,91?,92?,93?,94?,95-,96+,97+,98+,99+,100+,101+,102+,103-,104+,105-,106-,107+,108+,109+,110+,111+,112+,113+/m1/s1. The van der Waals surface area contributed by atoms with E-state index in [0.717, 1.165) is 38.9 Å². The van der Waals surface area contributed by atoms with Gasteiger partial charge in [0.2, 0.25) is 0 Å². The van der Waals surface area contributed by atoms with Gasteiger partial charge in [0.05, 0.1) is 118 Å². The molecule has 8 heterocycles. The third-order valence-corrected chi connectivity index (χ3v) is 30.4. The zero-order valence-electron chi connectivity index (χ0n) is 88.0. The first-order valence-corrected chi connectivity index (χ1v) is 52.3. The van der Waals surface area contributed by atoms with Crippen molar-refractivity contribution in [3.8, 4) is 0 Å². The van der Waals surface area contributed by atoms with Gasteiger partial charge < -0.3 is 114 Å². The topological polar surface area (TPSA) is 436 Å². The van der Waals surface area contributed by atoms with E-state index in [2.05, 4.69) is 49.1 Å². The summed E-state index contributed by atoms with van der Waals surface area (Å²) in [6.45, 7) is 25.8. The number of methoxy groups -OCH3 is 1. The molecule has 0 spiro atoms. The fraction of sp³-hybridized carbons (Fsp3) is 0.593. The van der Waals surface area contributed by atoms with Gasteiger partial charge in [-0.1, -0.05) is 297 Å². The first-order chi connectivity index (χ1) is 72.5. The molecule has 0 saturated carbocycles. The van der Waals surface area contributed by atoms with E-state index in [1.165, 1.54) is 27.7 Å². The average Bonchev–Trinajstić information content (AvgIpc) is 0.752. The number of esters is 4. The number of carbonyl (C=O) groups excluding carboxylic acids is 4. The minimum absolute atomic E-state index is 0.0334. The van der Waals surface area contributed by atoms with Gasteiger partial charge in [-0.15, -0.1) is 0 Å². The molecule has 15 rings (SSSR count). The molecule has 0 amide bonds. The Morgan fingerprint density at radius 1 is 0.247 bits per heavy atom. The normalized spacial score (nSPS) is 36.0. The molecule has 0 aromatic heterocycles. The molecule has 8 fully saturated rings. The van der Waals surface area contributed by atoms with Crippen molar-refractivity contribution >= 4 is 23.9 Å². The Hall–Kier alpha value is -10.5. The SMILES string of the molecule is CO[C@@H]1OC(COC(C)=O)[C@@H](O[C@@H]2OC(C)[C@@H](O[C@@H]3OC(COC(C)=O)[C@@H](O[C@@H]4OC(Cc5ccccc5)[C@@H](O[C@@H]5OC(COC(C)=O)[C@@H](O[C@@H]6OC(Cc7ccccc7)[C@H](O[C@@H]7OC(COC(C)=O)[C@@H](O[C@@H]8OC(Cc9ccccc9)[C@@H](C)[C@@H](OCc9ccccc9)C8C)[C@H](C)C7N=[N+]=[N-])[C@@H](OCc7ccccc7)C6C)[C@H](C)C5N=[N+]=[N-])[C@@H](OCc5ccccc5)C4C)[C@H](C)C3N=[N+]=[N-])[C@@H](OCc3ccccc3)C2C)[C@H](C)C1C. The lowest BCUT2D eigenvalue weighted by Crippen LogP contribution is -2.65. The molecule has 40 atom stereocenters. The second kappa shape index (κ2) is 54.9. The maximum Gasteiger partial charge on any atom is 0.302 e. The maximum atomic E-state index is 13.4. The predicted molar refractivity (Wildman–Crippen MR) is 544 cm³/mol. The Morgan fingerprint density at radius 3 is 0.773 bits per heavy atom. The minimum Gasteiger partial charge on any atom is -0.463 e. The Bertz CT molecular complexity index is 5510. The smallest absolute Gasteiger partial charge is 0.302 e. The van der Waals surface area contributed by atoms with Crippen molar-refractivity contribution in [2.24, 2.45) is 74.5 Å². The summed E-state index contributed by atoms with van der Waals surface area (Å²) in [5.41, 5.74) is 38.7. The second-order valence-corrected chi connectivity index (χ2v) is 41.0. The quantitative estimate of drug-likeness (QED) is 0.0112. The number of ether oxygens (including phenoxy) is 24. The van der Waals surface area contributed by atoms with Gasteiger partial charge in [-0.05, 0) is 92.6 Å². The van der Waals surface area contributed by atoms with Gasteiger partial charge in [0.25, 0.3) is 0 Å². The van der Waals surface area contributed by atoms with E-state index in [4.69, 9.17) is 114 Å². The third kappa shape index (κ3) is 29.2. The highest BCUT2D eigenvalue weighted by Gasteiger charge is 2.60. The fourth-order valence-corrected chi connectivity index (χ4v) is 22.0. The molecule has 8 aliphatic heterocycles. The highest BCUT2D eigenvalue weighted by atomic mass is 16.8. The fourth-order valence-electron chi connectivity index (χ4n) is 22.0. The van der Waals surface area contributed by atoms with Crippen LogP contribution < -0.4 is 0 Å². The van der Waals surface area contributed by atoms with Crippen LogP contribution in [0.2, 0.25) is 0 Å². The largest absolute Gasteiger partial charge is 0.463 e. The lowest BCUT2D eigenvalue weighted by molar-refractivity contribution is -0.375. The van der Waals surface area contributed by atoms with Crippen LogP contribution in [0.5, 0.6) is 0 Å². The predicted octanol–water partition coefficient (Wildman–Crippen LogP) is 17.9. The molecule has 7 aromatic carbocycles. The Labute approximate surface area is 876 Å². The minimum atomic E-state index is -1.48. The van der Waals surface area contributed by atoms with Crippen molar-refractivity contribution < 1.29 is 133 Å². The van der Waals surface area contributed by atoms with Gasteiger partial charge in [0.15, 0.2) is 50.3 Å². The molecular formula is C113H145N9O28. The van der Waals surface area contributed by atoms with Crippen LogP contribution in [-0.2, 0) is 179 Å². The van der Waals surface area contributed by atoms with Gasteiger partial charge in [0.1, 0.15) is 69.2 Å². The second-order valence-electron chi connectivity index (χ2n) is 41.0. The van der Waals surface area contributed by atoms with Gasteiger partial charge >= 0.3 is 23.9 Å². The van der Waals surface area contributed by atoms with Crippen LogP contribution >= 0.6 is 0 Å². The summed E-state index contributed by atoms with van der Waals surface area (Å²) < 4.78 is 165. The van der Waals surface area contributed by atoms with Gasteiger partial charge in [-0.25, -0.2) is 0 Å². The molecule has 37 nitrogen and oxygen atoms in total. The molecule has 810 valence electrons. The number of benzene rings is 7. The highest BCUT2D eigenvalue weighted by Crippen LogP contribution is 2.48. The number of hydrogen-bond donors (Lipinski definition) is 0. The molecule has 0 N–H and O–H groups in total. The van der Waals surface area contributed by atoms with E-state index >= 15 is 0 Å². The first-order valence-electron chi connectivity index (χ1n) is 52.3. The van der Waals surface area contributed by atoms with Crippen molar-refractivity contribution in [1.29, 1.82) is 0 Å². The number of carbonyl (C=O) groups is 4. The number of azide groups is 3. The monoisotopic (exact) mass is 2080 g/mol. The summed E-state index contributed by atoms with van der Waals surface area (Å²) in [5, 5.41) is 13.4. The summed E-state index contributed by atoms with van der Waals surface area (Å²) in [6.07, 6.45) is -25.8. The van der Waals surface area contributed by atoms with Crippen LogP contribution in [0, 0.1) is 59.2 Å². The molecule has 16 unspecified atom stereocenters. The Morgan fingerprint density at radius 2 is 0.480 bits per heavy atom. The molecule has 7 aromatic rings. The molecule has 0 aliphatic carbocycles. The lowest BCUT2D eigenvalue weighted by atomic mass is 9.82. The number of hydrogen-bond acceptors (Lipinski definition) is 31. The van der Waals surface area contributed by atoms with Crippen LogP contribution in [0.4, 0.5) is 0 Å². The van der Waals surface area contributed by atoms with Crippen molar-refractivity contribution in [2.75, 3.05) is 33.5 Å². The lowest BCUT2D eigenvalue weighted by Gasteiger charge is -2.52.